The van der Waals surface area contributed by atoms with Crippen molar-refractivity contribution in [3.05, 3.63) is 92.4 Å². The monoisotopic (exact) mass is 533 g/mol. The molecule has 1 N–H and O–H groups in total. The van der Waals surface area contributed by atoms with Crippen LogP contribution < -0.4 is 14.8 Å². The Morgan fingerprint density at radius 2 is 1.78 bits per heavy atom. The standard InChI is InChI=1S/C24H18BrCl2NO4/c1-2-31-22-11-6-17(25)13-16(22)5-12-23(29)32-19-8-3-15(4-9-19)24(30)28-21-14-18(26)7-10-20(21)27/h3-14H,2H2,1H3,(H,28,30)/b12-5+. The molecule has 1 amide bonds. The summed E-state index contributed by atoms with van der Waals surface area (Å²) in [5, 5.41) is 3.52. The van der Waals surface area contributed by atoms with Gasteiger partial charge in [0.2, 0.25) is 0 Å². The molecule has 0 aliphatic carbocycles. The highest BCUT2D eigenvalue weighted by atomic mass is 79.9. The van der Waals surface area contributed by atoms with Crippen molar-refractivity contribution < 1.29 is 19.1 Å². The highest BCUT2D eigenvalue weighted by Crippen LogP contribution is 2.27. The second-order valence-corrected chi connectivity index (χ2v) is 8.23. The second kappa shape index (κ2) is 11.2. The molecule has 0 fully saturated rings. The van der Waals surface area contributed by atoms with Crippen LogP contribution in [-0.4, -0.2) is 18.5 Å². The van der Waals surface area contributed by atoms with E-state index in [1.165, 1.54) is 18.2 Å². The lowest BCUT2D eigenvalue weighted by Gasteiger charge is -2.08. The van der Waals surface area contributed by atoms with Crippen molar-refractivity contribution in [2.75, 3.05) is 11.9 Å². The quantitative estimate of drug-likeness (QED) is 0.201. The van der Waals surface area contributed by atoms with Gasteiger partial charge < -0.3 is 14.8 Å². The van der Waals surface area contributed by atoms with Crippen molar-refractivity contribution in [2.45, 2.75) is 6.92 Å². The van der Waals surface area contributed by atoms with Gasteiger partial charge in [-0.1, -0.05) is 39.1 Å². The Balaban J connectivity index is 1.63. The van der Waals surface area contributed by atoms with Crippen LogP contribution in [0, 0.1) is 0 Å². The molecule has 0 heterocycles. The third-order valence-corrected chi connectivity index (χ3v) is 5.24. The van der Waals surface area contributed by atoms with Gasteiger partial charge in [0.05, 0.1) is 17.3 Å². The minimum absolute atomic E-state index is 0.302. The van der Waals surface area contributed by atoms with Gasteiger partial charge in [-0.05, 0) is 73.7 Å². The van der Waals surface area contributed by atoms with Gasteiger partial charge in [-0.25, -0.2) is 4.79 Å². The van der Waals surface area contributed by atoms with E-state index in [0.29, 0.717) is 39.4 Å². The summed E-state index contributed by atoms with van der Waals surface area (Å²) < 4.78 is 11.7. The van der Waals surface area contributed by atoms with Crippen LogP contribution in [0.25, 0.3) is 6.08 Å². The number of hydrogen-bond acceptors (Lipinski definition) is 4. The summed E-state index contributed by atoms with van der Waals surface area (Å²) in [6.45, 7) is 2.40. The van der Waals surface area contributed by atoms with Gasteiger partial charge in [0, 0.05) is 26.7 Å². The molecule has 3 rings (SSSR count). The van der Waals surface area contributed by atoms with Crippen molar-refractivity contribution >= 4 is 62.8 Å². The van der Waals surface area contributed by atoms with Crippen molar-refractivity contribution in [3.63, 3.8) is 0 Å². The molecule has 32 heavy (non-hydrogen) atoms. The predicted octanol–water partition coefficient (Wildman–Crippen LogP) is 7.03. The third kappa shape index (κ3) is 6.60. The van der Waals surface area contributed by atoms with E-state index >= 15 is 0 Å². The molecule has 0 unspecified atom stereocenters. The number of amides is 1. The Morgan fingerprint density at radius 3 is 2.50 bits per heavy atom. The number of rotatable bonds is 7. The van der Waals surface area contributed by atoms with Gasteiger partial charge in [0.25, 0.3) is 5.91 Å². The fourth-order valence-electron chi connectivity index (χ4n) is 2.71. The molecule has 3 aromatic carbocycles. The molecule has 3 aromatic rings. The van der Waals surface area contributed by atoms with Crippen LogP contribution in [0.5, 0.6) is 11.5 Å². The van der Waals surface area contributed by atoms with E-state index in [0.717, 1.165) is 10.0 Å². The summed E-state index contributed by atoms with van der Waals surface area (Å²) in [5.41, 5.74) is 1.51. The lowest BCUT2D eigenvalue weighted by molar-refractivity contribution is -0.128. The van der Waals surface area contributed by atoms with Crippen LogP contribution in [0.2, 0.25) is 10.0 Å². The number of esters is 1. The Hall–Kier alpha value is -2.80. The van der Waals surface area contributed by atoms with E-state index in [-0.39, 0.29) is 5.91 Å². The van der Waals surface area contributed by atoms with Crippen molar-refractivity contribution in [1.82, 2.24) is 0 Å². The first-order valence-electron chi connectivity index (χ1n) is 9.54. The molecular formula is C24H18BrCl2NO4. The highest BCUT2D eigenvalue weighted by Gasteiger charge is 2.10. The lowest BCUT2D eigenvalue weighted by atomic mass is 10.2. The normalized spacial score (nSPS) is 10.8. The largest absolute Gasteiger partial charge is 0.493 e. The van der Waals surface area contributed by atoms with Crippen LogP contribution in [-0.2, 0) is 4.79 Å². The molecule has 0 aliphatic rings. The smallest absolute Gasteiger partial charge is 0.336 e. The molecule has 0 spiro atoms. The lowest BCUT2D eigenvalue weighted by Crippen LogP contribution is -2.12. The van der Waals surface area contributed by atoms with Crippen molar-refractivity contribution in [2.24, 2.45) is 0 Å². The molecule has 0 saturated heterocycles. The van der Waals surface area contributed by atoms with E-state index in [4.69, 9.17) is 32.7 Å². The zero-order chi connectivity index (χ0) is 23.1. The SMILES string of the molecule is CCOc1ccc(Br)cc1/C=C/C(=O)Oc1ccc(C(=O)Nc2cc(Cl)ccc2Cl)cc1. The number of benzene rings is 3. The van der Waals surface area contributed by atoms with E-state index in [1.54, 1.807) is 36.4 Å². The Bertz CT molecular complexity index is 1160. The maximum Gasteiger partial charge on any atom is 0.336 e. The number of nitrogens with one attached hydrogen (secondary N) is 1. The van der Waals surface area contributed by atoms with Gasteiger partial charge in [0.15, 0.2) is 0 Å². The van der Waals surface area contributed by atoms with Gasteiger partial charge in [-0.3, -0.25) is 4.79 Å². The molecule has 0 aromatic heterocycles. The maximum atomic E-state index is 12.4. The maximum absolute atomic E-state index is 12.4. The molecule has 8 heteroatoms. The molecule has 0 bridgehead atoms. The first-order valence-corrected chi connectivity index (χ1v) is 11.1. The molecular weight excluding hydrogens is 517 g/mol. The molecule has 5 nitrogen and oxygen atoms in total. The van der Waals surface area contributed by atoms with Gasteiger partial charge in [-0.15, -0.1) is 0 Å². The second-order valence-electron chi connectivity index (χ2n) is 6.47. The van der Waals surface area contributed by atoms with E-state index in [9.17, 15) is 9.59 Å². The highest BCUT2D eigenvalue weighted by molar-refractivity contribution is 9.10. The fraction of sp³-hybridized carbons (Fsp3) is 0.0833. The van der Waals surface area contributed by atoms with E-state index < -0.39 is 5.97 Å². The molecule has 0 atom stereocenters. The van der Waals surface area contributed by atoms with Crippen LogP contribution in [0.3, 0.4) is 0 Å². The summed E-state index contributed by atoms with van der Waals surface area (Å²) >= 11 is 15.4. The summed E-state index contributed by atoms with van der Waals surface area (Å²) in [5.74, 6) is 0.0339. The minimum Gasteiger partial charge on any atom is -0.493 e. The first-order chi connectivity index (χ1) is 15.4. The average molecular weight is 535 g/mol. The number of hydrogen-bond donors (Lipinski definition) is 1. The molecule has 0 aliphatic heterocycles. The summed E-state index contributed by atoms with van der Waals surface area (Å²) in [4.78, 5) is 24.6. The topological polar surface area (TPSA) is 64.6 Å². The summed E-state index contributed by atoms with van der Waals surface area (Å²) in [7, 11) is 0. The average Bonchev–Trinajstić information content (AvgIpc) is 2.77. The Kier molecular flexibility index (Phi) is 8.33. The van der Waals surface area contributed by atoms with Crippen molar-refractivity contribution in [1.29, 1.82) is 0 Å². The molecule has 164 valence electrons. The zero-order valence-electron chi connectivity index (χ0n) is 16.9. The van der Waals surface area contributed by atoms with Gasteiger partial charge >= 0.3 is 5.97 Å². The number of carbonyl (C=O) groups excluding carboxylic acids is 2. The van der Waals surface area contributed by atoms with Crippen LogP contribution >= 0.6 is 39.1 Å². The first kappa shape index (κ1) is 23.9. The van der Waals surface area contributed by atoms with Crippen molar-refractivity contribution in [3.8, 4) is 11.5 Å². The van der Waals surface area contributed by atoms with Gasteiger partial charge in [0.1, 0.15) is 11.5 Å². The number of halogens is 3. The number of ether oxygens (including phenoxy) is 2. The Morgan fingerprint density at radius 1 is 1.03 bits per heavy atom. The van der Waals surface area contributed by atoms with Crippen LogP contribution in [0.4, 0.5) is 5.69 Å². The summed E-state index contributed by atoms with van der Waals surface area (Å²) in [6.07, 6.45) is 2.93. The number of carbonyl (C=O) groups is 2. The minimum atomic E-state index is -0.560. The van der Waals surface area contributed by atoms with Crippen LogP contribution in [0.15, 0.2) is 71.2 Å². The fourth-order valence-corrected chi connectivity index (χ4v) is 3.42. The van der Waals surface area contributed by atoms with Crippen LogP contribution in [0.1, 0.15) is 22.8 Å². The molecule has 0 radical (unpaired) electrons. The third-order valence-electron chi connectivity index (χ3n) is 4.18. The van der Waals surface area contributed by atoms with E-state index in [2.05, 4.69) is 21.2 Å². The Labute approximate surface area is 204 Å². The predicted molar refractivity (Wildman–Crippen MR) is 131 cm³/mol. The summed E-state index contributed by atoms with van der Waals surface area (Å²) in [6, 6.07) is 16.5. The van der Waals surface area contributed by atoms with E-state index in [1.807, 2.05) is 25.1 Å². The number of anilines is 1. The molecule has 0 saturated carbocycles. The zero-order valence-corrected chi connectivity index (χ0v) is 20.0. The van der Waals surface area contributed by atoms with Gasteiger partial charge in [-0.2, -0.15) is 0 Å².